The Morgan fingerprint density at radius 2 is 1.80 bits per heavy atom. The van der Waals surface area contributed by atoms with Gasteiger partial charge in [-0.15, -0.1) is 0 Å². The number of carbonyl (C=O) groups excluding carboxylic acids is 1. The summed E-state index contributed by atoms with van der Waals surface area (Å²) in [7, 11) is 3.26. The molecule has 6 nitrogen and oxygen atoms in total. The molecule has 0 bridgehead atoms. The Labute approximate surface area is 205 Å². The van der Waals surface area contributed by atoms with E-state index in [2.05, 4.69) is 5.32 Å². The zero-order valence-electron chi connectivity index (χ0n) is 20.6. The van der Waals surface area contributed by atoms with Gasteiger partial charge in [-0.05, 0) is 62.7 Å². The van der Waals surface area contributed by atoms with Crippen molar-refractivity contribution in [2.45, 2.75) is 20.8 Å². The number of methoxy groups -OCH3 is 2. The molecular weight excluding hydrogens is 442 g/mol. The van der Waals surface area contributed by atoms with E-state index in [4.69, 9.17) is 18.6 Å². The normalized spacial score (nSPS) is 11.4. The number of allylic oxidation sites excluding steroid dienone is 1. The Hall–Kier alpha value is -4.19. The third kappa shape index (κ3) is 4.87. The van der Waals surface area contributed by atoms with E-state index in [9.17, 15) is 4.79 Å². The maximum atomic E-state index is 12.7. The molecule has 3 aromatic carbocycles. The minimum atomic E-state index is -0.212. The number of anilines is 1. The van der Waals surface area contributed by atoms with Gasteiger partial charge >= 0.3 is 0 Å². The van der Waals surface area contributed by atoms with Crippen LogP contribution in [0.25, 0.3) is 27.7 Å². The van der Waals surface area contributed by atoms with Crippen molar-refractivity contribution in [3.05, 3.63) is 78.1 Å². The van der Waals surface area contributed by atoms with Crippen LogP contribution in [0.1, 0.15) is 25.0 Å². The highest BCUT2D eigenvalue weighted by molar-refractivity contribution is 6.06. The van der Waals surface area contributed by atoms with E-state index in [1.807, 2.05) is 75.4 Å². The van der Waals surface area contributed by atoms with Gasteiger partial charge in [-0.1, -0.05) is 18.2 Å². The summed E-state index contributed by atoms with van der Waals surface area (Å²) in [6.07, 6.45) is 3.30. The van der Waals surface area contributed by atoms with Gasteiger partial charge in [0.25, 0.3) is 0 Å². The fourth-order valence-corrected chi connectivity index (χ4v) is 4.15. The summed E-state index contributed by atoms with van der Waals surface area (Å²) in [4.78, 5) is 12.7. The molecule has 1 N–H and O–H groups in total. The fraction of sp³-hybridized carbons (Fsp3) is 0.207. The molecule has 1 heterocycles. The van der Waals surface area contributed by atoms with Crippen LogP contribution >= 0.6 is 0 Å². The highest BCUT2D eigenvalue weighted by Gasteiger charge is 2.21. The predicted molar refractivity (Wildman–Crippen MR) is 139 cm³/mol. The van der Waals surface area contributed by atoms with E-state index in [0.29, 0.717) is 23.9 Å². The molecule has 1 amide bonds. The fourth-order valence-electron chi connectivity index (χ4n) is 4.15. The molecule has 180 valence electrons. The van der Waals surface area contributed by atoms with Crippen molar-refractivity contribution in [3.63, 3.8) is 0 Å². The molecule has 0 aliphatic heterocycles. The zero-order valence-corrected chi connectivity index (χ0v) is 20.6. The van der Waals surface area contributed by atoms with Crippen LogP contribution in [-0.4, -0.2) is 26.7 Å². The Morgan fingerprint density at radius 1 is 1.03 bits per heavy atom. The van der Waals surface area contributed by atoms with E-state index in [1.165, 1.54) is 0 Å². The van der Waals surface area contributed by atoms with Crippen molar-refractivity contribution >= 4 is 28.1 Å². The van der Waals surface area contributed by atoms with Crippen molar-refractivity contribution in [3.8, 4) is 28.4 Å². The monoisotopic (exact) mass is 471 g/mol. The molecule has 0 saturated heterocycles. The van der Waals surface area contributed by atoms with Crippen LogP contribution < -0.4 is 19.5 Å². The molecule has 0 fully saturated rings. The topological polar surface area (TPSA) is 69.9 Å². The summed E-state index contributed by atoms with van der Waals surface area (Å²) >= 11 is 0. The molecule has 6 heteroatoms. The molecule has 4 aromatic rings. The number of furan rings is 1. The molecule has 0 spiro atoms. The van der Waals surface area contributed by atoms with Crippen LogP contribution in [0, 0.1) is 6.92 Å². The number of benzene rings is 3. The van der Waals surface area contributed by atoms with Crippen molar-refractivity contribution in [2.75, 3.05) is 26.1 Å². The molecule has 0 saturated carbocycles. The van der Waals surface area contributed by atoms with Gasteiger partial charge in [-0.3, -0.25) is 4.79 Å². The SMILES string of the molecule is CCOc1c(/C(C)=C/C(=O)Nc2ccccc2)cc2c(-c3cc(OC)ccc3OC)coc2c1C. The number of hydrogen-bond acceptors (Lipinski definition) is 5. The number of amides is 1. The Morgan fingerprint density at radius 3 is 2.49 bits per heavy atom. The van der Waals surface area contributed by atoms with E-state index in [1.54, 1.807) is 26.6 Å². The number of ether oxygens (including phenoxy) is 3. The van der Waals surface area contributed by atoms with Gasteiger partial charge in [0.05, 0.1) is 27.1 Å². The molecular formula is C29H29NO5. The summed E-state index contributed by atoms with van der Waals surface area (Å²) in [6, 6.07) is 17.0. The van der Waals surface area contributed by atoms with Crippen molar-refractivity contribution in [1.82, 2.24) is 0 Å². The predicted octanol–water partition coefficient (Wildman–Crippen LogP) is 6.87. The molecule has 0 atom stereocenters. The first-order valence-electron chi connectivity index (χ1n) is 11.4. The number of carbonyl (C=O) groups is 1. The summed E-state index contributed by atoms with van der Waals surface area (Å²) < 4.78 is 23.1. The lowest BCUT2D eigenvalue weighted by molar-refractivity contribution is -0.111. The lowest BCUT2D eigenvalue weighted by Gasteiger charge is -2.15. The summed E-state index contributed by atoms with van der Waals surface area (Å²) in [5, 5.41) is 3.79. The number of aryl methyl sites for hydroxylation is 1. The molecule has 0 aliphatic rings. The van der Waals surface area contributed by atoms with E-state index in [0.717, 1.165) is 44.5 Å². The Kier molecular flexibility index (Phi) is 7.11. The second-order valence-electron chi connectivity index (χ2n) is 8.09. The van der Waals surface area contributed by atoms with E-state index < -0.39 is 0 Å². The van der Waals surface area contributed by atoms with Gasteiger partial charge in [0.2, 0.25) is 5.91 Å². The lowest BCUT2D eigenvalue weighted by atomic mass is 9.96. The third-order valence-electron chi connectivity index (χ3n) is 5.84. The second-order valence-corrected chi connectivity index (χ2v) is 8.09. The minimum absolute atomic E-state index is 0.212. The lowest BCUT2D eigenvalue weighted by Crippen LogP contribution is -2.08. The van der Waals surface area contributed by atoms with Gasteiger partial charge in [-0.2, -0.15) is 0 Å². The molecule has 1 aromatic heterocycles. The maximum absolute atomic E-state index is 12.7. The zero-order chi connectivity index (χ0) is 24.9. The van der Waals surface area contributed by atoms with Crippen molar-refractivity contribution in [2.24, 2.45) is 0 Å². The van der Waals surface area contributed by atoms with Crippen LogP contribution in [-0.2, 0) is 4.79 Å². The standard InChI is InChI=1S/C29H29NO5/c1-6-34-28-19(3)29-24(25(17-35-29)23-15-21(32-4)12-13-26(23)33-5)16-22(28)18(2)14-27(31)30-20-10-8-7-9-11-20/h7-17H,6H2,1-5H3,(H,30,31)/b18-14+. The average Bonchev–Trinajstić information content (AvgIpc) is 3.29. The first-order chi connectivity index (χ1) is 17.0. The highest BCUT2D eigenvalue weighted by Crippen LogP contribution is 2.43. The van der Waals surface area contributed by atoms with Gasteiger partial charge in [0.15, 0.2) is 0 Å². The number of nitrogens with one attached hydrogen (secondary N) is 1. The smallest absolute Gasteiger partial charge is 0.248 e. The van der Waals surface area contributed by atoms with Gasteiger partial charge in [0, 0.05) is 39.4 Å². The van der Waals surface area contributed by atoms with Crippen molar-refractivity contribution < 1.29 is 23.4 Å². The van der Waals surface area contributed by atoms with E-state index >= 15 is 0 Å². The number of fused-ring (bicyclic) bond motifs is 1. The van der Waals surface area contributed by atoms with E-state index in [-0.39, 0.29) is 5.91 Å². The first kappa shape index (κ1) is 24.0. The maximum Gasteiger partial charge on any atom is 0.248 e. The number of hydrogen-bond donors (Lipinski definition) is 1. The highest BCUT2D eigenvalue weighted by atomic mass is 16.5. The van der Waals surface area contributed by atoms with Crippen LogP contribution in [0.15, 0.2) is 71.4 Å². The van der Waals surface area contributed by atoms with Crippen LogP contribution in [0.2, 0.25) is 0 Å². The molecule has 0 radical (unpaired) electrons. The number of para-hydroxylation sites is 1. The van der Waals surface area contributed by atoms with Crippen molar-refractivity contribution in [1.29, 1.82) is 0 Å². The van der Waals surface area contributed by atoms with Crippen LogP contribution in [0.3, 0.4) is 0 Å². The first-order valence-corrected chi connectivity index (χ1v) is 11.4. The molecule has 35 heavy (non-hydrogen) atoms. The van der Waals surface area contributed by atoms with Crippen LogP contribution in [0.5, 0.6) is 17.2 Å². The van der Waals surface area contributed by atoms with Gasteiger partial charge in [-0.25, -0.2) is 0 Å². The van der Waals surface area contributed by atoms with Crippen LogP contribution in [0.4, 0.5) is 5.69 Å². The minimum Gasteiger partial charge on any atom is -0.497 e. The summed E-state index contributed by atoms with van der Waals surface area (Å²) in [5.74, 6) is 1.90. The largest absolute Gasteiger partial charge is 0.497 e. The Balaban J connectivity index is 1.84. The molecule has 0 unspecified atom stereocenters. The second kappa shape index (κ2) is 10.4. The summed E-state index contributed by atoms with van der Waals surface area (Å²) in [5.41, 5.74) is 5.64. The quantitative estimate of drug-likeness (QED) is 0.284. The third-order valence-corrected chi connectivity index (χ3v) is 5.84. The Bertz CT molecular complexity index is 1390. The summed E-state index contributed by atoms with van der Waals surface area (Å²) in [6.45, 7) is 6.28. The van der Waals surface area contributed by atoms with Gasteiger partial charge in [0.1, 0.15) is 22.8 Å². The molecule has 4 rings (SSSR count). The molecule has 0 aliphatic carbocycles. The average molecular weight is 472 g/mol. The van der Waals surface area contributed by atoms with Gasteiger partial charge < -0.3 is 23.9 Å². The number of rotatable bonds is 8.